The standard InChI is InChI=1S/C23H27N3O5S/c1-4-31-17-11-9-16(10-12-17)24-23-26(13-14-29-2)22(28)20(32-23)15-21(27)25-18-7-5-6-8-19(18)30-3/h5-12,20H,4,13-15H2,1-3H3,(H,25,27). The quantitative estimate of drug-likeness (QED) is 0.585. The van der Waals surface area contributed by atoms with Gasteiger partial charge in [-0.1, -0.05) is 23.9 Å². The van der Waals surface area contributed by atoms with Crippen molar-refractivity contribution in [2.24, 2.45) is 4.99 Å². The number of methoxy groups -OCH3 is 2. The molecule has 3 rings (SSSR count). The number of carbonyl (C=O) groups excluding carboxylic acids is 2. The Labute approximate surface area is 191 Å². The number of para-hydroxylation sites is 2. The number of ether oxygens (including phenoxy) is 3. The second-order valence-corrected chi connectivity index (χ2v) is 8.03. The summed E-state index contributed by atoms with van der Waals surface area (Å²) >= 11 is 1.28. The maximum Gasteiger partial charge on any atom is 0.242 e. The van der Waals surface area contributed by atoms with Gasteiger partial charge in [0.05, 0.1) is 38.2 Å². The number of carbonyl (C=O) groups is 2. The second kappa shape index (κ2) is 11.5. The predicted octanol–water partition coefficient (Wildman–Crippen LogP) is 3.70. The Balaban J connectivity index is 1.73. The van der Waals surface area contributed by atoms with Crippen LogP contribution in [0.25, 0.3) is 0 Å². The molecule has 0 bridgehead atoms. The van der Waals surface area contributed by atoms with Gasteiger partial charge in [-0.25, -0.2) is 4.99 Å². The summed E-state index contributed by atoms with van der Waals surface area (Å²) in [5, 5.41) is 2.80. The number of amidine groups is 1. The van der Waals surface area contributed by atoms with Crippen molar-refractivity contribution in [3.63, 3.8) is 0 Å². The fourth-order valence-corrected chi connectivity index (χ4v) is 4.31. The zero-order valence-corrected chi connectivity index (χ0v) is 19.2. The first kappa shape index (κ1) is 23.6. The first-order valence-corrected chi connectivity index (χ1v) is 11.1. The van der Waals surface area contributed by atoms with Gasteiger partial charge in [0.15, 0.2) is 5.17 Å². The van der Waals surface area contributed by atoms with Crippen LogP contribution in [0.2, 0.25) is 0 Å². The number of aliphatic imine (C=N–C) groups is 1. The van der Waals surface area contributed by atoms with Crippen LogP contribution in [0.5, 0.6) is 11.5 Å². The number of amides is 2. The van der Waals surface area contributed by atoms with Crippen LogP contribution in [0.1, 0.15) is 13.3 Å². The van der Waals surface area contributed by atoms with Gasteiger partial charge in [-0.3, -0.25) is 14.5 Å². The van der Waals surface area contributed by atoms with E-state index in [2.05, 4.69) is 10.3 Å². The molecule has 170 valence electrons. The average Bonchev–Trinajstić information content (AvgIpc) is 3.07. The lowest BCUT2D eigenvalue weighted by atomic mass is 10.2. The van der Waals surface area contributed by atoms with Gasteiger partial charge in [-0.15, -0.1) is 0 Å². The van der Waals surface area contributed by atoms with Gasteiger partial charge < -0.3 is 19.5 Å². The van der Waals surface area contributed by atoms with E-state index in [1.54, 1.807) is 31.3 Å². The van der Waals surface area contributed by atoms with E-state index >= 15 is 0 Å². The van der Waals surface area contributed by atoms with E-state index in [-0.39, 0.29) is 18.2 Å². The number of benzene rings is 2. The Hall–Kier alpha value is -3.04. The zero-order chi connectivity index (χ0) is 22.9. The van der Waals surface area contributed by atoms with Gasteiger partial charge in [0.25, 0.3) is 0 Å². The molecule has 2 aromatic rings. The minimum atomic E-state index is -0.567. The van der Waals surface area contributed by atoms with Crippen LogP contribution >= 0.6 is 11.8 Å². The highest BCUT2D eigenvalue weighted by atomic mass is 32.2. The third kappa shape index (κ3) is 6.02. The van der Waals surface area contributed by atoms with Crippen LogP contribution in [0.4, 0.5) is 11.4 Å². The number of thioether (sulfide) groups is 1. The molecule has 1 aliphatic rings. The summed E-state index contributed by atoms with van der Waals surface area (Å²) in [7, 11) is 3.12. The normalized spacial score (nSPS) is 17.0. The van der Waals surface area contributed by atoms with Crippen molar-refractivity contribution in [3.8, 4) is 11.5 Å². The molecule has 9 heteroatoms. The van der Waals surface area contributed by atoms with E-state index in [1.165, 1.54) is 11.8 Å². The minimum Gasteiger partial charge on any atom is -0.495 e. The lowest BCUT2D eigenvalue weighted by Crippen LogP contribution is -2.35. The SMILES string of the molecule is CCOc1ccc(N=C2SC(CC(=O)Nc3ccccc3OC)C(=O)N2CCOC)cc1. The largest absolute Gasteiger partial charge is 0.495 e. The molecule has 0 radical (unpaired) electrons. The highest BCUT2D eigenvalue weighted by molar-refractivity contribution is 8.15. The van der Waals surface area contributed by atoms with Crippen molar-refractivity contribution < 1.29 is 23.8 Å². The predicted molar refractivity (Wildman–Crippen MR) is 126 cm³/mol. The summed E-state index contributed by atoms with van der Waals surface area (Å²) in [6.07, 6.45) is 0.0212. The molecule has 2 aromatic carbocycles. The molecule has 1 heterocycles. The molecule has 0 spiro atoms. The van der Waals surface area contributed by atoms with Crippen LogP contribution in [0.15, 0.2) is 53.5 Å². The molecular weight excluding hydrogens is 430 g/mol. The van der Waals surface area contributed by atoms with E-state index in [0.29, 0.717) is 42.1 Å². The molecule has 1 saturated heterocycles. The van der Waals surface area contributed by atoms with Gasteiger partial charge in [-0.05, 0) is 43.3 Å². The van der Waals surface area contributed by atoms with Crippen molar-refractivity contribution in [3.05, 3.63) is 48.5 Å². The molecule has 1 N–H and O–H groups in total. The molecule has 8 nitrogen and oxygen atoms in total. The number of anilines is 1. The second-order valence-electron chi connectivity index (χ2n) is 6.86. The Bertz CT molecular complexity index is 964. The monoisotopic (exact) mass is 457 g/mol. The molecule has 0 aliphatic carbocycles. The molecule has 2 amide bonds. The highest BCUT2D eigenvalue weighted by Gasteiger charge is 2.39. The first-order chi connectivity index (χ1) is 15.5. The van der Waals surface area contributed by atoms with E-state index in [9.17, 15) is 9.59 Å². The van der Waals surface area contributed by atoms with E-state index in [1.807, 2.05) is 43.3 Å². The number of hydrogen-bond donors (Lipinski definition) is 1. The van der Waals surface area contributed by atoms with Crippen LogP contribution in [0, 0.1) is 0 Å². The van der Waals surface area contributed by atoms with Crippen molar-refractivity contribution in [2.75, 3.05) is 39.3 Å². The zero-order valence-electron chi connectivity index (χ0n) is 18.4. The molecule has 1 fully saturated rings. The summed E-state index contributed by atoms with van der Waals surface area (Å²) in [6, 6.07) is 14.5. The maximum absolute atomic E-state index is 13.0. The van der Waals surface area contributed by atoms with Gasteiger partial charge in [-0.2, -0.15) is 0 Å². The van der Waals surface area contributed by atoms with Gasteiger partial charge in [0, 0.05) is 13.5 Å². The molecule has 1 unspecified atom stereocenters. The van der Waals surface area contributed by atoms with Crippen LogP contribution in [0.3, 0.4) is 0 Å². The Morgan fingerprint density at radius 1 is 1.16 bits per heavy atom. The number of rotatable bonds is 10. The number of hydrogen-bond acceptors (Lipinski definition) is 7. The Kier molecular flexibility index (Phi) is 8.52. The van der Waals surface area contributed by atoms with Crippen molar-refractivity contribution in [1.29, 1.82) is 0 Å². The van der Waals surface area contributed by atoms with E-state index < -0.39 is 5.25 Å². The summed E-state index contributed by atoms with van der Waals surface area (Å²) in [4.78, 5) is 31.9. The van der Waals surface area contributed by atoms with Crippen LogP contribution in [-0.4, -0.2) is 61.1 Å². The molecule has 1 aliphatic heterocycles. The number of nitrogens with zero attached hydrogens (tertiary/aromatic N) is 2. The van der Waals surface area contributed by atoms with Crippen LogP contribution in [-0.2, 0) is 14.3 Å². The number of nitrogens with one attached hydrogen (secondary N) is 1. The summed E-state index contributed by atoms with van der Waals surface area (Å²) in [6.45, 7) is 3.24. The maximum atomic E-state index is 13.0. The average molecular weight is 458 g/mol. The molecular formula is C23H27N3O5S. The van der Waals surface area contributed by atoms with E-state index in [0.717, 1.165) is 5.75 Å². The van der Waals surface area contributed by atoms with Gasteiger partial charge >= 0.3 is 0 Å². The molecule has 32 heavy (non-hydrogen) atoms. The topological polar surface area (TPSA) is 89.5 Å². The third-order valence-corrected chi connectivity index (χ3v) is 5.84. The first-order valence-electron chi connectivity index (χ1n) is 10.3. The van der Waals surface area contributed by atoms with Crippen LogP contribution < -0.4 is 14.8 Å². The van der Waals surface area contributed by atoms with Crippen molar-refractivity contribution in [1.82, 2.24) is 4.90 Å². The van der Waals surface area contributed by atoms with Gasteiger partial charge in [0.2, 0.25) is 11.8 Å². The molecule has 1 atom stereocenters. The van der Waals surface area contributed by atoms with E-state index in [4.69, 9.17) is 14.2 Å². The van der Waals surface area contributed by atoms with Crippen molar-refractivity contribution in [2.45, 2.75) is 18.6 Å². The van der Waals surface area contributed by atoms with Gasteiger partial charge in [0.1, 0.15) is 16.7 Å². The summed E-state index contributed by atoms with van der Waals surface area (Å²) < 4.78 is 15.9. The summed E-state index contributed by atoms with van der Waals surface area (Å²) in [5.41, 5.74) is 1.26. The Morgan fingerprint density at radius 3 is 2.59 bits per heavy atom. The molecule has 0 aromatic heterocycles. The third-order valence-electron chi connectivity index (χ3n) is 4.66. The smallest absolute Gasteiger partial charge is 0.242 e. The fraction of sp³-hybridized carbons (Fsp3) is 0.348. The lowest BCUT2D eigenvalue weighted by molar-refractivity contribution is -0.128. The van der Waals surface area contributed by atoms with Crippen molar-refractivity contribution >= 4 is 40.1 Å². The Morgan fingerprint density at radius 2 is 1.91 bits per heavy atom. The summed E-state index contributed by atoms with van der Waals surface area (Å²) in [5.74, 6) is 0.890. The highest BCUT2D eigenvalue weighted by Crippen LogP contribution is 2.32. The lowest BCUT2D eigenvalue weighted by Gasteiger charge is -2.16. The molecule has 0 saturated carbocycles. The minimum absolute atomic E-state index is 0.0212. The fourth-order valence-electron chi connectivity index (χ4n) is 3.12.